The number of thioether (sulfide) groups is 1. The number of carbonyl (C=O) groups is 1. The number of anilines is 1. The van der Waals surface area contributed by atoms with Crippen molar-refractivity contribution >= 4 is 67.4 Å². The normalized spacial score (nSPS) is 18.0. The fourth-order valence-electron chi connectivity index (χ4n) is 2.99. The van der Waals surface area contributed by atoms with Crippen molar-refractivity contribution in [3.05, 3.63) is 33.8 Å². The lowest BCUT2D eigenvalue weighted by atomic mass is 9.99. The van der Waals surface area contributed by atoms with Crippen molar-refractivity contribution in [1.82, 2.24) is 14.5 Å². The van der Waals surface area contributed by atoms with Crippen LogP contribution < -0.4 is 5.32 Å². The summed E-state index contributed by atoms with van der Waals surface area (Å²) in [6, 6.07) is 4.77. The molecule has 1 aromatic heterocycles. The molecule has 3 rings (SSSR count). The summed E-state index contributed by atoms with van der Waals surface area (Å²) in [4.78, 5) is 12.6. The van der Waals surface area contributed by atoms with E-state index in [0.29, 0.717) is 40.1 Å². The Bertz CT molecular complexity index is 984. The fourth-order valence-corrected chi connectivity index (χ4v) is 6.56. The molecule has 1 amide bonds. The van der Waals surface area contributed by atoms with E-state index in [1.165, 1.54) is 15.6 Å². The van der Waals surface area contributed by atoms with E-state index in [1.54, 1.807) is 30.0 Å². The van der Waals surface area contributed by atoms with Gasteiger partial charge in [0.15, 0.2) is 4.34 Å². The second kappa shape index (κ2) is 9.93. The summed E-state index contributed by atoms with van der Waals surface area (Å²) in [5.74, 6) is 0.0189. The molecule has 1 N–H and O–H groups in total. The van der Waals surface area contributed by atoms with Crippen LogP contribution in [0.5, 0.6) is 0 Å². The number of nitrogens with one attached hydrogen (secondary N) is 1. The first-order chi connectivity index (χ1) is 13.8. The highest BCUT2D eigenvalue weighted by Gasteiger charge is 2.32. The Kier molecular flexibility index (Phi) is 7.80. The van der Waals surface area contributed by atoms with Crippen LogP contribution in [-0.4, -0.2) is 47.7 Å². The molecule has 0 unspecified atom stereocenters. The van der Waals surface area contributed by atoms with E-state index in [2.05, 4.69) is 15.5 Å². The minimum Gasteiger partial charge on any atom is -0.300 e. The molecule has 2 heterocycles. The van der Waals surface area contributed by atoms with Gasteiger partial charge in [0, 0.05) is 13.1 Å². The third-order valence-electron chi connectivity index (χ3n) is 4.39. The average molecular weight is 495 g/mol. The summed E-state index contributed by atoms with van der Waals surface area (Å²) in [6.07, 6.45) is 1.24. The van der Waals surface area contributed by atoms with Crippen LogP contribution in [0.1, 0.15) is 25.3 Å². The Labute approximate surface area is 188 Å². The molecule has 7 nitrogen and oxygen atoms in total. The van der Waals surface area contributed by atoms with Gasteiger partial charge in [0.1, 0.15) is 0 Å². The number of rotatable bonds is 7. The largest absolute Gasteiger partial charge is 0.300 e. The SMILES string of the molecule is CCSc1nnc(NC(=O)[C@H]2CCCN(S(=O)(=O)Cc3ccc(Cl)c(Cl)c3)C2)s1. The summed E-state index contributed by atoms with van der Waals surface area (Å²) in [5, 5.41) is 11.9. The second-order valence-corrected chi connectivity index (χ2v) is 11.8. The maximum absolute atomic E-state index is 12.8. The number of sulfonamides is 1. The molecule has 29 heavy (non-hydrogen) atoms. The Hall–Kier alpha value is -0.910. The molecule has 0 bridgehead atoms. The number of aromatic nitrogens is 2. The van der Waals surface area contributed by atoms with Crippen molar-refractivity contribution in [3.63, 3.8) is 0 Å². The number of benzene rings is 1. The zero-order valence-electron chi connectivity index (χ0n) is 15.6. The standard InChI is InChI=1S/C17H20Cl2N4O3S3/c1-2-27-17-22-21-16(28-17)20-15(24)12-4-3-7-23(9-12)29(25,26)10-11-5-6-13(18)14(19)8-11/h5-6,8,12H,2-4,7,9-10H2,1H3,(H,20,21,24)/t12-/m0/s1. The molecule has 1 aliphatic heterocycles. The first kappa shape index (κ1) is 22.8. The lowest BCUT2D eigenvalue weighted by Crippen LogP contribution is -2.44. The molecule has 0 radical (unpaired) electrons. The maximum atomic E-state index is 12.8. The highest BCUT2D eigenvalue weighted by Crippen LogP contribution is 2.28. The Morgan fingerprint density at radius 2 is 2.14 bits per heavy atom. The van der Waals surface area contributed by atoms with Crippen LogP contribution in [0.25, 0.3) is 0 Å². The molecule has 0 aliphatic carbocycles. The Morgan fingerprint density at radius 3 is 2.86 bits per heavy atom. The first-order valence-corrected chi connectivity index (χ1v) is 13.1. The highest BCUT2D eigenvalue weighted by molar-refractivity contribution is 8.01. The Balaban J connectivity index is 1.63. The van der Waals surface area contributed by atoms with Crippen molar-refractivity contribution in [2.75, 3.05) is 24.2 Å². The third-order valence-corrected chi connectivity index (χ3v) is 8.80. The van der Waals surface area contributed by atoms with E-state index < -0.39 is 15.9 Å². The quantitative estimate of drug-likeness (QED) is 0.459. The molecule has 1 saturated heterocycles. The van der Waals surface area contributed by atoms with E-state index >= 15 is 0 Å². The number of halogens is 2. The van der Waals surface area contributed by atoms with Crippen molar-refractivity contribution in [1.29, 1.82) is 0 Å². The molecule has 1 fully saturated rings. The van der Waals surface area contributed by atoms with Gasteiger partial charge in [0.05, 0.1) is 21.7 Å². The maximum Gasteiger partial charge on any atom is 0.230 e. The number of carbonyl (C=O) groups excluding carboxylic acids is 1. The summed E-state index contributed by atoms with van der Waals surface area (Å²) in [5.41, 5.74) is 0.556. The van der Waals surface area contributed by atoms with Gasteiger partial charge in [-0.25, -0.2) is 12.7 Å². The predicted octanol–water partition coefficient (Wildman–Crippen LogP) is 4.14. The smallest absolute Gasteiger partial charge is 0.230 e. The lowest BCUT2D eigenvalue weighted by molar-refractivity contribution is -0.120. The van der Waals surface area contributed by atoms with Gasteiger partial charge >= 0.3 is 0 Å². The zero-order chi connectivity index (χ0) is 21.0. The van der Waals surface area contributed by atoms with E-state index in [1.807, 2.05) is 6.92 Å². The van der Waals surface area contributed by atoms with Crippen LogP contribution in [0.3, 0.4) is 0 Å². The van der Waals surface area contributed by atoms with Crippen LogP contribution >= 0.6 is 46.3 Å². The minimum atomic E-state index is -3.59. The number of hydrogen-bond acceptors (Lipinski definition) is 7. The van der Waals surface area contributed by atoms with Gasteiger partial charge in [0.2, 0.25) is 21.1 Å². The van der Waals surface area contributed by atoms with Crippen molar-refractivity contribution in [3.8, 4) is 0 Å². The van der Waals surface area contributed by atoms with Gasteiger partial charge in [-0.1, -0.05) is 59.3 Å². The number of piperidine rings is 1. The molecule has 1 aliphatic rings. The van der Waals surface area contributed by atoms with Crippen molar-refractivity contribution < 1.29 is 13.2 Å². The predicted molar refractivity (Wildman–Crippen MR) is 118 cm³/mol. The summed E-state index contributed by atoms with van der Waals surface area (Å²) < 4.78 is 27.9. The number of hydrogen-bond donors (Lipinski definition) is 1. The summed E-state index contributed by atoms with van der Waals surface area (Å²) in [6.45, 7) is 2.55. The highest BCUT2D eigenvalue weighted by atomic mass is 35.5. The molecule has 0 saturated carbocycles. The minimum absolute atomic E-state index is 0.144. The lowest BCUT2D eigenvalue weighted by Gasteiger charge is -2.31. The van der Waals surface area contributed by atoms with Gasteiger partial charge in [-0.3, -0.25) is 4.79 Å². The van der Waals surface area contributed by atoms with Gasteiger partial charge in [-0.15, -0.1) is 10.2 Å². The fraction of sp³-hybridized carbons (Fsp3) is 0.471. The number of amides is 1. The Morgan fingerprint density at radius 1 is 1.34 bits per heavy atom. The molecule has 12 heteroatoms. The zero-order valence-corrected chi connectivity index (χ0v) is 19.6. The van der Waals surface area contributed by atoms with E-state index in [0.717, 1.165) is 10.1 Å². The summed E-state index contributed by atoms with van der Waals surface area (Å²) in [7, 11) is -3.59. The number of nitrogens with zero attached hydrogens (tertiary/aromatic N) is 3. The van der Waals surface area contributed by atoms with E-state index in [-0.39, 0.29) is 18.2 Å². The average Bonchev–Trinajstić information content (AvgIpc) is 3.12. The molecular weight excluding hydrogens is 475 g/mol. The van der Waals surface area contributed by atoms with E-state index in [4.69, 9.17) is 23.2 Å². The third kappa shape index (κ3) is 6.05. The van der Waals surface area contributed by atoms with Crippen LogP contribution in [0.15, 0.2) is 22.5 Å². The van der Waals surface area contributed by atoms with Crippen molar-refractivity contribution in [2.45, 2.75) is 29.9 Å². The van der Waals surface area contributed by atoms with Gasteiger partial charge in [0.25, 0.3) is 0 Å². The molecule has 2 aromatic rings. The van der Waals surface area contributed by atoms with Crippen LogP contribution in [0, 0.1) is 5.92 Å². The monoisotopic (exact) mass is 494 g/mol. The van der Waals surface area contributed by atoms with Crippen LogP contribution in [-0.2, 0) is 20.6 Å². The molecule has 158 valence electrons. The molecular formula is C17H20Cl2N4O3S3. The van der Waals surface area contributed by atoms with Gasteiger partial charge in [-0.05, 0) is 36.3 Å². The second-order valence-electron chi connectivity index (χ2n) is 6.50. The first-order valence-electron chi connectivity index (χ1n) is 8.97. The van der Waals surface area contributed by atoms with Gasteiger partial charge in [-0.2, -0.15) is 0 Å². The van der Waals surface area contributed by atoms with Gasteiger partial charge < -0.3 is 5.32 Å². The summed E-state index contributed by atoms with van der Waals surface area (Å²) >= 11 is 14.7. The molecule has 1 aromatic carbocycles. The van der Waals surface area contributed by atoms with Crippen LogP contribution in [0.4, 0.5) is 5.13 Å². The molecule has 1 atom stereocenters. The van der Waals surface area contributed by atoms with Crippen molar-refractivity contribution in [2.24, 2.45) is 5.92 Å². The molecule has 0 spiro atoms. The van der Waals surface area contributed by atoms with Crippen LogP contribution in [0.2, 0.25) is 10.0 Å². The topological polar surface area (TPSA) is 92.3 Å². The van der Waals surface area contributed by atoms with E-state index in [9.17, 15) is 13.2 Å².